The molecular weight excluding hydrogens is 436 g/mol. The molecule has 1 aromatic carbocycles. The van der Waals surface area contributed by atoms with Gasteiger partial charge >= 0.3 is 0 Å². The number of nitrogens with zero attached hydrogens (tertiary/aromatic N) is 4. The number of hydrogen-bond donors (Lipinski definition) is 2. The molecule has 4 aromatic rings. The van der Waals surface area contributed by atoms with Gasteiger partial charge in [-0.15, -0.1) is 32.9 Å². The number of carbonyl (C=O) groups excluding carboxylic acids is 2. The molecule has 3 aromatic heterocycles. The van der Waals surface area contributed by atoms with Gasteiger partial charge in [0, 0.05) is 5.38 Å². The first-order valence-electron chi connectivity index (χ1n) is 7.92. The van der Waals surface area contributed by atoms with Gasteiger partial charge < -0.3 is 5.32 Å². The number of thioether (sulfide) groups is 1. The molecule has 0 unspecified atom stereocenters. The second-order valence-electron chi connectivity index (χ2n) is 5.44. The first-order chi connectivity index (χ1) is 13.6. The van der Waals surface area contributed by atoms with Gasteiger partial charge in [-0.05, 0) is 19.1 Å². The molecule has 12 heteroatoms. The molecule has 8 nitrogen and oxygen atoms in total. The summed E-state index contributed by atoms with van der Waals surface area (Å²) in [6, 6.07) is 7.56. The van der Waals surface area contributed by atoms with Crippen LogP contribution in [0, 0.1) is 6.92 Å². The van der Waals surface area contributed by atoms with Gasteiger partial charge in [0.05, 0.1) is 21.7 Å². The van der Waals surface area contributed by atoms with Crippen LogP contribution < -0.4 is 10.6 Å². The molecule has 2 amide bonds. The van der Waals surface area contributed by atoms with Crippen LogP contribution >= 0.6 is 45.8 Å². The molecule has 0 aliphatic carbocycles. The number of amides is 2. The number of hydrogen-bond acceptors (Lipinski definition) is 10. The van der Waals surface area contributed by atoms with Crippen molar-refractivity contribution in [1.29, 1.82) is 0 Å². The van der Waals surface area contributed by atoms with Gasteiger partial charge in [-0.2, -0.15) is 0 Å². The van der Waals surface area contributed by atoms with E-state index in [1.807, 2.05) is 36.6 Å². The molecule has 0 spiro atoms. The van der Waals surface area contributed by atoms with E-state index in [1.54, 1.807) is 0 Å². The summed E-state index contributed by atoms with van der Waals surface area (Å²) in [5, 5.41) is 16.6. The van der Waals surface area contributed by atoms with Crippen LogP contribution in [0.2, 0.25) is 0 Å². The van der Waals surface area contributed by atoms with Crippen LogP contribution in [0.1, 0.15) is 15.5 Å². The molecule has 0 bridgehead atoms. The molecule has 28 heavy (non-hydrogen) atoms. The van der Waals surface area contributed by atoms with Gasteiger partial charge in [-0.1, -0.05) is 35.2 Å². The van der Waals surface area contributed by atoms with Gasteiger partial charge in [0.25, 0.3) is 5.91 Å². The summed E-state index contributed by atoms with van der Waals surface area (Å²) in [6.45, 7) is 1.87. The number of para-hydroxylation sites is 1. The van der Waals surface area contributed by atoms with E-state index in [1.165, 1.54) is 45.8 Å². The van der Waals surface area contributed by atoms with Crippen molar-refractivity contribution < 1.29 is 9.59 Å². The van der Waals surface area contributed by atoms with Crippen LogP contribution in [0.15, 0.2) is 34.0 Å². The molecule has 0 fully saturated rings. The number of aromatic nitrogens is 4. The quantitative estimate of drug-likeness (QED) is 0.340. The van der Waals surface area contributed by atoms with Crippen LogP contribution in [-0.2, 0) is 4.79 Å². The summed E-state index contributed by atoms with van der Waals surface area (Å²) in [6.07, 6.45) is 0. The van der Waals surface area contributed by atoms with E-state index in [4.69, 9.17) is 0 Å². The molecule has 3 heterocycles. The lowest BCUT2D eigenvalue weighted by atomic mass is 10.3. The molecule has 2 N–H and O–H groups in total. The van der Waals surface area contributed by atoms with Gasteiger partial charge in [-0.3, -0.25) is 14.9 Å². The number of benzene rings is 1. The fourth-order valence-electron chi connectivity index (χ4n) is 2.13. The Morgan fingerprint density at radius 2 is 1.93 bits per heavy atom. The van der Waals surface area contributed by atoms with E-state index in [2.05, 4.69) is 30.8 Å². The predicted octanol–water partition coefficient (Wildman–Crippen LogP) is 3.90. The number of fused-ring (bicyclic) bond motifs is 1. The van der Waals surface area contributed by atoms with Gasteiger partial charge in [0.1, 0.15) is 0 Å². The van der Waals surface area contributed by atoms with E-state index in [0.717, 1.165) is 15.9 Å². The summed E-state index contributed by atoms with van der Waals surface area (Å²) < 4.78 is 1.53. The molecule has 142 valence electrons. The predicted molar refractivity (Wildman–Crippen MR) is 114 cm³/mol. The average Bonchev–Trinajstić information content (AvgIpc) is 3.39. The lowest BCUT2D eigenvalue weighted by Crippen LogP contribution is -2.13. The molecule has 0 atom stereocenters. The summed E-state index contributed by atoms with van der Waals surface area (Å²) in [7, 11) is 0. The molecule has 0 aliphatic heterocycles. The lowest BCUT2D eigenvalue weighted by molar-refractivity contribution is -0.113. The zero-order chi connectivity index (χ0) is 19.5. The fourth-order valence-corrected chi connectivity index (χ4v) is 5.24. The number of aryl methyl sites for hydroxylation is 1. The summed E-state index contributed by atoms with van der Waals surface area (Å²) in [5.41, 5.74) is 1.65. The van der Waals surface area contributed by atoms with Crippen molar-refractivity contribution in [2.45, 2.75) is 11.3 Å². The van der Waals surface area contributed by atoms with Crippen LogP contribution in [0.5, 0.6) is 0 Å². The first kappa shape index (κ1) is 18.9. The minimum Gasteiger partial charge on any atom is -0.301 e. The second kappa shape index (κ2) is 8.31. The van der Waals surface area contributed by atoms with Gasteiger partial charge in [-0.25, -0.2) is 9.97 Å². The van der Waals surface area contributed by atoms with Gasteiger partial charge in [0.15, 0.2) is 14.5 Å². The van der Waals surface area contributed by atoms with Crippen molar-refractivity contribution >= 4 is 78.1 Å². The summed E-state index contributed by atoms with van der Waals surface area (Å²) in [4.78, 5) is 32.8. The number of nitrogens with one attached hydrogen (secondary N) is 2. The third-order valence-corrected chi connectivity index (χ3v) is 7.19. The Morgan fingerprint density at radius 3 is 2.71 bits per heavy atom. The van der Waals surface area contributed by atoms with Gasteiger partial charge in [0.2, 0.25) is 11.0 Å². The summed E-state index contributed by atoms with van der Waals surface area (Å²) >= 11 is 5.15. The Balaban J connectivity index is 1.32. The largest absolute Gasteiger partial charge is 0.301 e. The summed E-state index contributed by atoms with van der Waals surface area (Å²) in [5.74, 6) is -0.320. The Morgan fingerprint density at radius 1 is 1.07 bits per heavy atom. The normalized spacial score (nSPS) is 10.9. The maximum absolute atomic E-state index is 12.4. The second-order valence-corrected chi connectivity index (χ2v) is 9.53. The van der Waals surface area contributed by atoms with Crippen LogP contribution in [0.25, 0.3) is 10.2 Å². The van der Waals surface area contributed by atoms with Crippen LogP contribution in [-0.4, -0.2) is 37.7 Å². The van der Waals surface area contributed by atoms with Crippen LogP contribution in [0.4, 0.5) is 10.3 Å². The van der Waals surface area contributed by atoms with E-state index in [0.29, 0.717) is 19.6 Å². The molecule has 0 radical (unpaired) electrons. The van der Waals surface area contributed by atoms with Crippen molar-refractivity contribution in [1.82, 2.24) is 20.2 Å². The minimum absolute atomic E-state index is 0.172. The monoisotopic (exact) mass is 448 g/mol. The highest BCUT2D eigenvalue weighted by Crippen LogP contribution is 2.27. The molecule has 0 aliphatic rings. The highest BCUT2D eigenvalue weighted by Gasteiger charge is 2.15. The first-order valence-corrected chi connectivity index (χ1v) is 11.4. The SMILES string of the molecule is Cc1csc(NC(=O)CSc2nnc(NC(=O)c3nc4ccccc4s3)s2)n1. The van der Waals surface area contributed by atoms with E-state index < -0.39 is 0 Å². The number of carbonyl (C=O) groups is 2. The Kier molecular flexibility index (Phi) is 5.62. The Labute approximate surface area is 175 Å². The van der Waals surface area contributed by atoms with Crippen molar-refractivity contribution in [3.8, 4) is 0 Å². The Hall–Kier alpha value is -2.41. The van der Waals surface area contributed by atoms with E-state index in [9.17, 15) is 9.59 Å². The zero-order valence-corrected chi connectivity index (χ0v) is 17.6. The topological polar surface area (TPSA) is 110 Å². The maximum Gasteiger partial charge on any atom is 0.286 e. The van der Waals surface area contributed by atoms with E-state index >= 15 is 0 Å². The molecular formula is C16H12N6O2S4. The van der Waals surface area contributed by atoms with Crippen molar-refractivity contribution in [3.05, 3.63) is 40.3 Å². The minimum atomic E-state index is -0.328. The lowest BCUT2D eigenvalue weighted by Gasteiger charge is -1.99. The third-order valence-electron chi connectivity index (χ3n) is 3.31. The van der Waals surface area contributed by atoms with Crippen molar-refractivity contribution in [3.63, 3.8) is 0 Å². The average molecular weight is 449 g/mol. The Bertz CT molecular complexity index is 1120. The van der Waals surface area contributed by atoms with Crippen molar-refractivity contribution in [2.75, 3.05) is 16.4 Å². The highest BCUT2D eigenvalue weighted by atomic mass is 32.2. The molecule has 4 rings (SSSR count). The van der Waals surface area contributed by atoms with Crippen LogP contribution in [0.3, 0.4) is 0 Å². The fraction of sp³-hybridized carbons (Fsp3) is 0.125. The number of anilines is 2. The number of rotatable bonds is 6. The maximum atomic E-state index is 12.4. The number of thiazole rings is 2. The zero-order valence-electron chi connectivity index (χ0n) is 14.3. The van der Waals surface area contributed by atoms with Crippen molar-refractivity contribution in [2.24, 2.45) is 0 Å². The van der Waals surface area contributed by atoms with E-state index in [-0.39, 0.29) is 17.6 Å². The molecule has 0 saturated carbocycles. The molecule has 0 saturated heterocycles. The third kappa shape index (κ3) is 4.52. The highest BCUT2D eigenvalue weighted by molar-refractivity contribution is 8.01. The standard InChI is InChI=1S/C16H12N6O2S4/c1-8-6-25-14(17-8)19-11(23)7-26-16-22-21-15(28-16)20-12(24)13-18-9-4-2-3-5-10(9)27-13/h2-6H,7H2,1H3,(H,17,19,23)(H,20,21,24). The smallest absolute Gasteiger partial charge is 0.286 e.